The van der Waals surface area contributed by atoms with Crippen molar-refractivity contribution in [3.05, 3.63) is 46.6 Å². The number of carbonyl (C=O) groups excluding carboxylic acids is 1. The van der Waals surface area contributed by atoms with Crippen LogP contribution >= 0.6 is 0 Å². The molecule has 1 atom stereocenters. The Morgan fingerprint density at radius 2 is 1.31 bits per heavy atom. The maximum Gasteiger partial charge on any atom is 0.136 e. The van der Waals surface area contributed by atoms with Crippen LogP contribution in [-0.4, -0.2) is 5.78 Å². The van der Waals surface area contributed by atoms with Crippen LogP contribution in [-0.2, 0) is 4.79 Å². The summed E-state index contributed by atoms with van der Waals surface area (Å²) in [6, 6.07) is 0. The van der Waals surface area contributed by atoms with Gasteiger partial charge in [-0.2, -0.15) is 0 Å². The van der Waals surface area contributed by atoms with E-state index < -0.39 is 0 Å². The Morgan fingerprint density at radius 1 is 0.808 bits per heavy atom. The van der Waals surface area contributed by atoms with Gasteiger partial charge in [0.15, 0.2) is 0 Å². The van der Waals surface area contributed by atoms with E-state index in [1.165, 1.54) is 35.1 Å². The van der Waals surface area contributed by atoms with Crippen molar-refractivity contribution in [3.8, 4) is 0 Å². The van der Waals surface area contributed by atoms with Crippen LogP contribution in [0.1, 0.15) is 98.8 Å². The highest BCUT2D eigenvalue weighted by Gasteiger charge is 2.22. The van der Waals surface area contributed by atoms with Gasteiger partial charge in [0.1, 0.15) is 5.78 Å². The maximum absolute atomic E-state index is 11.7. The fourth-order valence-corrected chi connectivity index (χ4v) is 3.47. The average Bonchev–Trinajstić information content (AvgIpc) is 2.97. The summed E-state index contributed by atoms with van der Waals surface area (Å²) >= 11 is 0. The Hall–Kier alpha value is -1.37. The Labute approximate surface area is 162 Å². The van der Waals surface area contributed by atoms with Crippen LogP contribution < -0.4 is 0 Å². The van der Waals surface area contributed by atoms with Gasteiger partial charge >= 0.3 is 0 Å². The summed E-state index contributed by atoms with van der Waals surface area (Å²) in [6.45, 7) is 11.0. The van der Waals surface area contributed by atoms with Crippen molar-refractivity contribution in [2.24, 2.45) is 5.92 Å². The van der Waals surface area contributed by atoms with Gasteiger partial charge in [-0.1, -0.05) is 46.6 Å². The smallest absolute Gasteiger partial charge is 0.136 e. The van der Waals surface area contributed by atoms with E-state index in [-0.39, 0.29) is 0 Å². The van der Waals surface area contributed by atoms with Gasteiger partial charge in [-0.3, -0.25) is 4.79 Å². The second-order valence-corrected chi connectivity index (χ2v) is 8.34. The van der Waals surface area contributed by atoms with Crippen molar-refractivity contribution in [1.82, 2.24) is 0 Å². The van der Waals surface area contributed by atoms with E-state index in [2.05, 4.69) is 58.9 Å². The molecule has 1 rings (SSSR count). The van der Waals surface area contributed by atoms with Crippen molar-refractivity contribution in [3.63, 3.8) is 0 Å². The molecule has 0 saturated heterocycles. The molecule has 0 bridgehead atoms. The topological polar surface area (TPSA) is 17.1 Å². The second-order valence-electron chi connectivity index (χ2n) is 8.34. The third-order valence-electron chi connectivity index (χ3n) is 5.34. The van der Waals surface area contributed by atoms with E-state index >= 15 is 0 Å². The molecule has 0 aromatic rings. The zero-order chi connectivity index (χ0) is 19.4. The lowest BCUT2D eigenvalue weighted by molar-refractivity contribution is -0.120. The van der Waals surface area contributed by atoms with Crippen molar-refractivity contribution in [1.29, 1.82) is 0 Å². The largest absolute Gasteiger partial charge is 0.299 e. The lowest BCUT2D eigenvalue weighted by Crippen LogP contribution is -2.04. The molecule has 26 heavy (non-hydrogen) atoms. The maximum atomic E-state index is 11.7. The van der Waals surface area contributed by atoms with E-state index in [0.29, 0.717) is 11.7 Å². The number of hydrogen-bond donors (Lipinski definition) is 0. The van der Waals surface area contributed by atoms with Crippen molar-refractivity contribution in [2.75, 3.05) is 0 Å². The van der Waals surface area contributed by atoms with Gasteiger partial charge in [0, 0.05) is 12.3 Å². The number of carbonyl (C=O) groups is 1. The van der Waals surface area contributed by atoms with Crippen LogP contribution in [0.15, 0.2) is 46.6 Å². The summed E-state index contributed by atoms with van der Waals surface area (Å²) in [4.78, 5) is 11.7. The van der Waals surface area contributed by atoms with E-state index in [9.17, 15) is 4.79 Å². The predicted octanol–water partition coefficient (Wildman–Crippen LogP) is 7.89. The van der Waals surface area contributed by atoms with E-state index in [0.717, 1.165) is 51.4 Å². The number of hydrogen-bond acceptors (Lipinski definition) is 1. The second kappa shape index (κ2) is 12.9. The lowest BCUT2D eigenvalue weighted by atomic mass is 9.99. The van der Waals surface area contributed by atoms with Gasteiger partial charge < -0.3 is 0 Å². The van der Waals surface area contributed by atoms with Gasteiger partial charge in [0.25, 0.3) is 0 Å². The standard InChI is InChI=1S/C25H40O/c1-20(2)10-6-11-21(3)12-7-13-22(4)14-8-15-23(5)18-19-24-16-9-17-25(24)26/h10,12,14,18,24H,6-9,11,13,15-17,19H2,1-5H3. The van der Waals surface area contributed by atoms with Gasteiger partial charge in [-0.15, -0.1) is 0 Å². The first-order chi connectivity index (χ1) is 12.4. The fourth-order valence-electron chi connectivity index (χ4n) is 3.47. The third kappa shape index (κ3) is 10.6. The molecule has 0 spiro atoms. The molecule has 0 radical (unpaired) electrons. The zero-order valence-corrected chi connectivity index (χ0v) is 17.9. The molecule has 1 aliphatic carbocycles. The third-order valence-corrected chi connectivity index (χ3v) is 5.34. The lowest BCUT2D eigenvalue weighted by Gasteiger charge is -2.05. The summed E-state index contributed by atoms with van der Waals surface area (Å²) in [5, 5.41) is 0. The van der Waals surface area contributed by atoms with Crippen molar-refractivity contribution < 1.29 is 4.79 Å². The quantitative estimate of drug-likeness (QED) is 0.344. The highest BCUT2D eigenvalue weighted by molar-refractivity contribution is 5.82. The number of Topliss-reactive ketones (excluding diaryl/α,β-unsaturated/α-hetero) is 1. The van der Waals surface area contributed by atoms with Crippen LogP contribution in [0.2, 0.25) is 0 Å². The van der Waals surface area contributed by atoms with Gasteiger partial charge in [-0.25, -0.2) is 0 Å². The Morgan fingerprint density at radius 3 is 1.77 bits per heavy atom. The summed E-state index contributed by atoms with van der Waals surface area (Å²) in [7, 11) is 0. The van der Waals surface area contributed by atoms with Crippen LogP contribution in [0.25, 0.3) is 0 Å². The van der Waals surface area contributed by atoms with E-state index in [1.807, 2.05) is 0 Å². The molecule has 1 unspecified atom stereocenters. The molecular formula is C25H40O. The molecule has 0 N–H and O–H groups in total. The molecule has 1 nitrogen and oxygen atoms in total. The molecule has 0 aromatic heterocycles. The predicted molar refractivity (Wildman–Crippen MR) is 115 cm³/mol. The summed E-state index contributed by atoms with van der Waals surface area (Å²) in [5.41, 5.74) is 5.85. The Balaban J connectivity index is 2.22. The van der Waals surface area contributed by atoms with Crippen LogP contribution in [0.4, 0.5) is 0 Å². The Kier molecular flexibility index (Phi) is 11.2. The van der Waals surface area contributed by atoms with Crippen molar-refractivity contribution >= 4 is 5.78 Å². The van der Waals surface area contributed by atoms with Crippen molar-refractivity contribution in [2.45, 2.75) is 98.8 Å². The minimum atomic E-state index is 0.314. The molecule has 1 fully saturated rings. The molecule has 0 amide bonds. The zero-order valence-electron chi connectivity index (χ0n) is 17.9. The fraction of sp³-hybridized carbons (Fsp3) is 0.640. The van der Waals surface area contributed by atoms with Gasteiger partial charge in [-0.05, 0) is 92.4 Å². The molecule has 0 aromatic carbocycles. The number of allylic oxidation sites excluding steroid dienone is 8. The molecule has 0 aliphatic heterocycles. The molecule has 1 saturated carbocycles. The first-order valence-electron chi connectivity index (χ1n) is 10.5. The molecule has 146 valence electrons. The first-order valence-corrected chi connectivity index (χ1v) is 10.5. The normalized spacial score (nSPS) is 19.2. The summed E-state index contributed by atoms with van der Waals surface area (Å²) in [5.74, 6) is 0.794. The molecular weight excluding hydrogens is 316 g/mol. The van der Waals surface area contributed by atoms with E-state index in [1.54, 1.807) is 0 Å². The van der Waals surface area contributed by atoms with E-state index in [4.69, 9.17) is 0 Å². The minimum absolute atomic E-state index is 0.314. The summed E-state index contributed by atoms with van der Waals surface area (Å²) < 4.78 is 0. The highest BCUT2D eigenvalue weighted by atomic mass is 16.1. The van der Waals surface area contributed by atoms with Crippen LogP contribution in [0.3, 0.4) is 0 Å². The molecule has 1 aliphatic rings. The number of rotatable bonds is 11. The van der Waals surface area contributed by atoms with Crippen LogP contribution in [0.5, 0.6) is 0 Å². The highest BCUT2D eigenvalue weighted by Crippen LogP contribution is 2.25. The average molecular weight is 357 g/mol. The van der Waals surface area contributed by atoms with Gasteiger partial charge in [0.05, 0.1) is 0 Å². The van der Waals surface area contributed by atoms with Gasteiger partial charge in [0.2, 0.25) is 0 Å². The monoisotopic (exact) mass is 356 g/mol. The number of ketones is 1. The first kappa shape index (κ1) is 22.7. The molecule has 1 heteroatoms. The van der Waals surface area contributed by atoms with Crippen LogP contribution in [0, 0.1) is 5.92 Å². The summed E-state index contributed by atoms with van der Waals surface area (Å²) in [6.07, 6.45) is 20.3. The SMILES string of the molecule is CC(C)=CCCC(C)=CCCC(C)=CCCC(C)=CCC1CCCC1=O. The Bertz CT molecular complexity index is 553. The molecule has 0 heterocycles. The minimum Gasteiger partial charge on any atom is -0.299 e.